The fourth-order valence-corrected chi connectivity index (χ4v) is 1.99. The number of rotatable bonds is 3. The molecule has 1 nitrogen and oxygen atoms in total. The Hall–Kier alpha value is -0.810. The van der Waals surface area contributed by atoms with E-state index in [1.165, 1.54) is 5.56 Å². The number of benzene rings is 1. The van der Waals surface area contributed by atoms with Crippen molar-refractivity contribution < 1.29 is 0 Å². The van der Waals surface area contributed by atoms with Crippen molar-refractivity contribution >= 4 is 15.9 Å². The Labute approximate surface area is 87.5 Å². The van der Waals surface area contributed by atoms with Crippen LogP contribution in [0.25, 0.3) is 0 Å². The lowest BCUT2D eigenvalue weighted by molar-refractivity contribution is 0.692. The van der Waals surface area contributed by atoms with Gasteiger partial charge in [-0.25, -0.2) is 0 Å². The van der Waals surface area contributed by atoms with E-state index < -0.39 is 0 Å². The fourth-order valence-electron chi connectivity index (χ4n) is 1.31. The Morgan fingerprint density at radius 1 is 1.46 bits per heavy atom. The lowest BCUT2D eigenvalue weighted by Gasteiger charge is -2.11. The first-order chi connectivity index (χ1) is 6.25. The van der Waals surface area contributed by atoms with Crippen LogP contribution in [-0.4, -0.2) is 0 Å². The predicted octanol–water partition coefficient (Wildman–Crippen LogP) is 3.86. The molecule has 0 radical (unpaired) electrons. The van der Waals surface area contributed by atoms with Crippen molar-refractivity contribution in [3.63, 3.8) is 0 Å². The average Bonchev–Trinajstić information content (AvgIpc) is 2.15. The Morgan fingerprint density at radius 2 is 2.15 bits per heavy atom. The Morgan fingerprint density at radius 3 is 2.77 bits per heavy atom. The third-order valence-electron chi connectivity index (χ3n) is 2.13. The van der Waals surface area contributed by atoms with Gasteiger partial charge in [0.15, 0.2) is 0 Å². The van der Waals surface area contributed by atoms with Crippen LogP contribution in [0.15, 0.2) is 28.7 Å². The van der Waals surface area contributed by atoms with Gasteiger partial charge in [-0.1, -0.05) is 41.1 Å². The topological polar surface area (TPSA) is 23.8 Å². The molecule has 1 atom stereocenters. The van der Waals surface area contributed by atoms with Gasteiger partial charge in [-0.3, -0.25) is 0 Å². The second-order valence-corrected chi connectivity index (χ2v) is 3.97. The molecule has 0 N–H and O–H groups in total. The van der Waals surface area contributed by atoms with Crippen LogP contribution in [0, 0.1) is 11.3 Å². The summed E-state index contributed by atoms with van der Waals surface area (Å²) >= 11 is 3.51. The Kier molecular flexibility index (Phi) is 3.98. The minimum absolute atomic E-state index is 0.454. The molecule has 68 valence electrons. The quantitative estimate of drug-likeness (QED) is 0.784. The lowest BCUT2D eigenvalue weighted by atomic mass is 9.97. The first-order valence-electron chi connectivity index (χ1n) is 4.37. The first kappa shape index (κ1) is 10.3. The minimum atomic E-state index is 0.454. The summed E-state index contributed by atoms with van der Waals surface area (Å²) < 4.78 is 1.14. The highest BCUT2D eigenvalue weighted by Crippen LogP contribution is 2.27. The van der Waals surface area contributed by atoms with Crippen LogP contribution in [0.1, 0.15) is 31.2 Å². The Balaban J connectivity index is 2.72. The van der Waals surface area contributed by atoms with Gasteiger partial charge in [0, 0.05) is 10.9 Å². The molecule has 1 aromatic carbocycles. The summed E-state index contributed by atoms with van der Waals surface area (Å²) in [5.74, 6) is 0.454. The minimum Gasteiger partial charge on any atom is -0.198 e. The summed E-state index contributed by atoms with van der Waals surface area (Å²) in [6, 6.07) is 10.4. The van der Waals surface area contributed by atoms with E-state index in [4.69, 9.17) is 5.26 Å². The third kappa shape index (κ3) is 2.86. The number of halogens is 1. The molecular weight excluding hydrogens is 226 g/mol. The van der Waals surface area contributed by atoms with Crippen molar-refractivity contribution in [1.82, 2.24) is 0 Å². The molecule has 1 rings (SSSR count). The fraction of sp³-hybridized carbons (Fsp3) is 0.364. The monoisotopic (exact) mass is 237 g/mol. The molecule has 0 aliphatic rings. The molecule has 0 aromatic heterocycles. The van der Waals surface area contributed by atoms with Crippen LogP contribution in [0.5, 0.6) is 0 Å². The normalized spacial score (nSPS) is 12.1. The van der Waals surface area contributed by atoms with Crippen LogP contribution in [0.2, 0.25) is 0 Å². The van der Waals surface area contributed by atoms with Crippen molar-refractivity contribution in [2.45, 2.75) is 25.7 Å². The van der Waals surface area contributed by atoms with Gasteiger partial charge in [-0.15, -0.1) is 0 Å². The summed E-state index contributed by atoms with van der Waals surface area (Å²) in [5, 5.41) is 8.47. The van der Waals surface area contributed by atoms with Crippen LogP contribution >= 0.6 is 15.9 Å². The maximum atomic E-state index is 8.47. The van der Waals surface area contributed by atoms with E-state index in [1.807, 2.05) is 18.2 Å². The molecule has 0 bridgehead atoms. The van der Waals surface area contributed by atoms with E-state index in [0.717, 1.165) is 10.9 Å². The summed E-state index contributed by atoms with van der Waals surface area (Å²) in [7, 11) is 0. The molecule has 0 fully saturated rings. The molecule has 0 aliphatic carbocycles. The summed E-state index contributed by atoms with van der Waals surface area (Å²) in [5.41, 5.74) is 1.29. The third-order valence-corrected chi connectivity index (χ3v) is 2.85. The molecular formula is C11H12BrN. The largest absolute Gasteiger partial charge is 0.198 e. The highest BCUT2D eigenvalue weighted by molar-refractivity contribution is 9.10. The standard InChI is InChI=1S/C11H12BrN/c1-9(5-4-8-13)10-6-2-3-7-11(10)12/h2-3,6-7,9H,4-5H2,1H3. The number of hydrogen-bond acceptors (Lipinski definition) is 1. The molecule has 0 amide bonds. The number of nitrogens with zero attached hydrogens (tertiary/aromatic N) is 1. The zero-order valence-electron chi connectivity index (χ0n) is 7.63. The summed E-state index contributed by atoms with van der Waals surface area (Å²) in [6.07, 6.45) is 1.56. The summed E-state index contributed by atoms with van der Waals surface area (Å²) in [6.45, 7) is 2.15. The van der Waals surface area contributed by atoms with Gasteiger partial charge in [0.2, 0.25) is 0 Å². The predicted molar refractivity (Wildman–Crippen MR) is 57.4 cm³/mol. The SMILES string of the molecule is CC(CCC#N)c1ccccc1Br. The van der Waals surface area contributed by atoms with Crippen LogP contribution in [0.4, 0.5) is 0 Å². The number of nitriles is 1. The van der Waals surface area contributed by atoms with Crippen LogP contribution in [-0.2, 0) is 0 Å². The van der Waals surface area contributed by atoms with Crippen molar-refractivity contribution in [1.29, 1.82) is 5.26 Å². The highest BCUT2D eigenvalue weighted by atomic mass is 79.9. The van der Waals surface area contributed by atoms with Crippen LogP contribution in [0.3, 0.4) is 0 Å². The van der Waals surface area contributed by atoms with Gasteiger partial charge in [-0.2, -0.15) is 5.26 Å². The molecule has 0 saturated carbocycles. The van der Waals surface area contributed by atoms with E-state index in [-0.39, 0.29) is 0 Å². The van der Waals surface area contributed by atoms with Crippen molar-refractivity contribution in [3.8, 4) is 6.07 Å². The van der Waals surface area contributed by atoms with Gasteiger partial charge in [-0.05, 0) is 24.0 Å². The van der Waals surface area contributed by atoms with E-state index in [2.05, 4.69) is 35.0 Å². The second kappa shape index (κ2) is 5.04. The van der Waals surface area contributed by atoms with Gasteiger partial charge >= 0.3 is 0 Å². The van der Waals surface area contributed by atoms with E-state index in [0.29, 0.717) is 12.3 Å². The first-order valence-corrected chi connectivity index (χ1v) is 5.16. The molecule has 13 heavy (non-hydrogen) atoms. The van der Waals surface area contributed by atoms with Crippen LogP contribution < -0.4 is 0 Å². The number of hydrogen-bond donors (Lipinski definition) is 0. The summed E-state index contributed by atoms with van der Waals surface area (Å²) in [4.78, 5) is 0. The second-order valence-electron chi connectivity index (χ2n) is 3.12. The van der Waals surface area contributed by atoms with Gasteiger partial charge in [0.1, 0.15) is 0 Å². The van der Waals surface area contributed by atoms with Crippen molar-refractivity contribution in [3.05, 3.63) is 34.3 Å². The lowest BCUT2D eigenvalue weighted by Crippen LogP contribution is -1.93. The highest BCUT2D eigenvalue weighted by Gasteiger charge is 2.07. The maximum Gasteiger partial charge on any atom is 0.0621 e. The van der Waals surface area contributed by atoms with Gasteiger partial charge < -0.3 is 0 Å². The molecule has 0 saturated heterocycles. The maximum absolute atomic E-state index is 8.47. The van der Waals surface area contributed by atoms with E-state index in [9.17, 15) is 0 Å². The molecule has 0 aliphatic heterocycles. The van der Waals surface area contributed by atoms with Gasteiger partial charge in [0.05, 0.1) is 6.07 Å². The smallest absolute Gasteiger partial charge is 0.0621 e. The molecule has 1 aromatic rings. The van der Waals surface area contributed by atoms with E-state index in [1.54, 1.807) is 0 Å². The zero-order valence-corrected chi connectivity index (χ0v) is 9.21. The van der Waals surface area contributed by atoms with Crippen molar-refractivity contribution in [2.24, 2.45) is 0 Å². The van der Waals surface area contributed by atoms with E-state index >= 15 is 0 Å². The molecule has 2 heteroatoms. The zero-order chi connectivity index (χ0) is 9.68. The molecule has 0 heterocycles. The Bertz CT molecular complexity index is 314. The molecule has 0 spiro atoms. The molecule has 1 unspecified atom stereocenters. The van der Waals surface area contributed by atoms with Crippen molar-refractivity contribution in [2.75, 3.05) is 0 Å². The average molecular weight is 238 g/mol. The van der Waals surface area contributed by atoms with Gasteiger partial charge in [0.25, 0.3) is 0 Å².